The fourth-order valence-electron chi connectivity index (χ4n) is 0.582. The van der Waals surface area contributed by atoms with Gasteiger partial charge in [0.15, 0.2) is 0 Å². The van der Waals surface area contributed by atoms with Gasteiger partial charge in [-0.15, -0.1) is 0 Å². The van der Waals surface area contributed by atoms with Gasteiger partial charge in [0.2, 0.25) is 0 Å². The summed E-state index contributed by atoms with van der Waals surface area (Å²) in [7, 11) is 0. The van der Waals surface area contributed by atoms with Crippen molar-refractivity contribution in [2.45, 2.75) is 28.0 Å². The minimum atomic E-state index is -6.76. The average Bonchev–Trinajstić information content (AvgIpc) is 2.13. The molecule has 13 heteroatoms. The summed E-state index contributed by atoms with van der Waals surface area (Å²) in [6, 6.07) is -0.483. The first-order valence-corrected chi connectivity index (χ1v) is 4.79. The molecule has 2 nitrogen and oxygen atoms in total. The van der Waals surface area contributed by atoms with Crippen LogP contribution in [-0.4, -0.2) is 28.0 Å². The molecule has 0 saturated carbocycles. The Kier molecular flexibility index (Phi) is 4.66. The number of alkyl halides is 11. The number of ether oxygens (including phenoxy) is 1. The lowest BCUT2D eigenvalue weighted by Gasteiger charge is -2.34. The second kappa shape index (κ2) is 4.79. The molecule has 112 valence electrons. The van der Waals surface area contributed by atoms with E-state index in [2.05, 4.69) is 0 Å². The van der Waals surface area contributed by atoms with Gasteiger partial charge in [-0.3, -0.25) is 4.74 Å². The van der Waals surface area contributed by atoms with E-state index in [1.165, 1.54) is 0 Å². The molecule has 0 aromatic rings. The van der Waals surface area contributed by atoms with Gasteiger partial charge in [-0.05, 0) is 0 Å². The van der Waals surface area contributed by atoms with Crippen LogP contribution in [0.4, 0.5) is 43.9 Å². The molecule has 0 bridgehead atoms. The van der Waals surface area contributed by atoms with E-state index >= 15 is 0 Å². The zero-order valence-corrected chi connectivity index (χ0v) is 10.2. The Morgan fingerprint density at radius 3 is 1.42 bits per heavy atom. The van der Waals surface area contributed by atoms with Gasteiger partial charge in [-0.25, -0.2) is 0 Å². The fraction of sp³-hybridized carbons (Fsp3) is 0.833. The molecule has 19 heavy (non-hydrogen) atoms. The first-order chi connectivity index (χ1) is 8.02. The summed E-state index contributed by atoms with van der Waals surface area (Å²) in [4.78, 5) is 0. The highest BCUT2D eigenvalue weighted by Crippen LogP contribution is 2.53. The molecule has 0 heterocycles. The molecule has 0 aliphatic carbocycles. The molecule has 0 rings (SSSR count). The van der Waals surface area contributed by atoms with Crippen LogP contribution < -0.4 is 0 Å². The quantitative estimate of drug-likeness (QED) is 0.392. The molecular weight excluding hydrogens is 419 g/mol. The van der Waals surface area contributed by atoms with Gasteiger partial charge < -0.3 is 0 Å². The van der Waals surface area contributed by atoms with Crippen molar-refractivity contribution in [2.24, 2.45) is 0 Å². The lowest BCUT2D eigenvalue weighted by atomic mass is 10.3. The van der Waals surface area contributed by atoms with Crippen molar-refractivity contribution >= 4 is 22.6 Å². The largest absolute Gasteiger partial charge is 0.456 e. The van der Waals surface area contributed by atoms with Crippen molar-refractivity contribution in [2.75, 3.05) is 0 Å². The third-order valence-corrected chi connectivity index (χ3v) is 2.20. The van der Waals surface area contributed by atoms with Crippen LogP contribution >= 0.6 is 22.6 Å². The van der Waals surface area contributed by atoms with Crippen LogP contribution in [0.15, 0.2) is 0 Å². The van der Waals surface area contributed by atoms with Gasteiger partial charge in [0.25, 0.3) is 0 Å². The van der Waals surface area contributed by atoms with Crippen molar-refractivity contribution in [3.8, 4) is 6.07 Å². The number of hydrogen-bond donors (Lipinski definition) is 0. The number of hydrogen-bond acceptors (Lipinski definition) is 2. The van der Waals surface area contributed by atoms with Gasteiger partial charge in [0.05, 0.1) is 0 Å². The molecular formula is C6F10INO. The molecule has 0 saturated heterocycles. The Morgan fingerprint density at radius 2 is 1.21 bits per heavy atom. The molecule has 0 fully saturated rings. The van der Waals surface area contributed by atoms with Gasteiger partial charge in [0.1, 0.15) is 6.07 Å². The maximum Gasteiger partial charge on any atom is 0.456 e. The van der Waals surface area contributed by atoms with Crippen LogP contribution in [0.2, 0.25) is 0 Å². The Balaban J connectivity index is 5.72. The van der Waals surface area contributed by atoms with Crippen molar-refractivity contribution in [1.82, 2.24) is 0 Å². The van der Waals surface area contributed by atoms with E-state index in [1.807, 2.05) is 4.74 Å². The van der Waals surface area contributed by atoms with E-state index < -0.39 is 56.7 Å². The van der Waals surface area contributed by atoms with E-state index in [1.54, 1.807) is 0 Å². The van der Waals surface area contributed by atoms with Gasteiger partial charge in [0, 0.05) is 22.6 Å². The second-order valence-electron chi connectivity index (χ2n) is 2.90. The summed E-state index contributed by atoms with van der Waals surface area (Å²) in [5, 5.41) is 7.58. The van der Waals surface area contributed by atoms with Crippen LogP contribution in [0.3, 0.4) is 0 Å². The summed E-state index contributed by atoms with van der Waals surface area (Å²) in [5.74, 6) is -12.4. The zero-order valence-electron chi connectivity index (χ0n) is 8.01. The van der Waals surface area contributed by atoms with Crippen LogP contribution in [0.25, 0.3) is 0 Å². The monoisotopic (exact) mass is 419 g/mol. The minimum absolute atomic E-state index is 0.483. The van der Waals surface area contributed by atoms with E-state index in [0.717, 1.165) is 0 Å². The maximum absolute atomic E-state index is 12.9. The number of nitriles is 1. The van der Waals surface area contributed by atoms with Crippen LogP contribution in [0.5, 0.6) is 0 Å². The van der Waals surface area contributed by atoms with Gasteiger partial charge in [-0.2, -0.15) is 49.2 Å². The standard InChI is InChI=1S/C6F10INO/c7-2(8,1-18)6(15,16)19-3(9,4(10,11)12)5(13,14)17. The Morgan fingerprint density at radius 1 is 0.842 bits per heavy atom. The van der Waals surface area contributed by atoms with E-state index in [4.69, 9.17) is 5.26 Å². The summed E-state index contributed by atoms with van der Waals surface area (Å²) in [6.07, 6.45) is -13.2. The first-order valence-electron chi connectivity index (χ1n) is 3.71. The number of rotatable bonds is 4. The Hall–Kier alpha value is -0.520. The lowest BCUT2D eigenvalue weighted by Crippen LogP contribution is -2.60. The smallest absolute Gasteiger partial charge is 0.263 e. The topological polar surface area (TPSA) is 33.0 Å². The third kappa shape index (κ3) is 3.33. The van der Waals surface area contributed by atoms with Gasteiger partial charge in [-0.1, -0.05) is 0 Å². The molecule has 0 aromatic carbocycles. The molecule has 0 radical (unpaired) electrons. The number of halogens is 11. The van der Waals surface area contributed by atoms with Crippen LogP contribution in [0.1, 0.15) is 0 Å². The van der Waals surface area contributed by atoms with E-state index in [-0.39, 0.29) is 0 Å². The second-order valence-corrected chi connectivity index (χ2v) is 4.25. The maximum atomic E-state index is 12.9. The van der Waals surface area contributed by atoms with Crippen LogP contribution in [0, 0.1) is 11.3 Å². The van der Waals surface area contributed by atoms with Gasteiger partial charge >= 0.3 is 28.0 Å². The van der Waals surface area contributed by atoms with Crippen LogP contribution in [-0.2, 0) is 4.74 Å². The first kappa shape index (κ1) is 18.5. The Bertz CT molecular complexity index is 365. The zero-order chi connectivity index (χ0) is 15.9. The molecule has 1 unspecified atom stereocenters. The molecule has 0 amide bonds. The average molecular weight is 419 g/mol. The van der Waals surface area contributed by atoms with E-state index in [9.17, 15) is 43.9 Å². The minimum Gasteiger partial charge on any atom is -0.263 e. The lowest BCUT2D eigenvalue weighted by molar-refractivity contribution is -0.465. The summed E-state index contributed by atoms with van der Waals surface area (Å²) < 4.78 is 119. The van der Waals surface area contributed by atoms with Crippen molar-refractivity contribution in [3.63, 3.8) is 0 Å². The number of nitrogens with zero attached hydrogens (tertiary/aromatic N) is 1. The van der Waals surface area contributed by atoms with Crippen molar-refractivity contribution in [1.29, 1.82) is 5.26 Å². The molecule has 0 aliphatic rings. The van der Waals surface area contributed by atoms with E-state index in [0.29, 0.717) is 0 Å². The predicted octanol–water partition coefficient (Wildman–Crippen LogP) is 4.01. The molecule has 0 aliphatic heterocycles. The normalized spacial score (nSPS) is 17.8. The van der Waals surface area contributed by atoms with Crippen molar-refractivity contribution < 1.29 is 48.6 Å². The highest BCUT2D eigenvalue weighted by atomic mass is 127. The van der Waals surface area contributed by atoms with Crippen molar-refractivity contribution in [3.05, 3.63) is 0 Å². The molecule has 0 N–H and O–H groups in total. The molecule has 1 atom stereocenters. The Labute approximate surface area is 111 Å². The summed E-state index contributed by atoms with van der Waals surface area (Å²) >= 11 is -0.554. The SMILES string of the molecule is N#CC(F)(F)C(F)(F)OC(F)(C(F)(F)F)C(F)(F)I. The predicted molar refractivity (Wildman–Crippen MR) is 45.5 cm³/mol. The molecule has 0 spiro atoms. The highest BCUT2D eigenvalue weighted by molar-refractivity contribution is 14.1. The fourth-order valence-corrected chi connectivity index (χ4v) is 0.998. The third-order valence-electron chi connectivity index (χ3n) is 1.50. The summed E-state index contributed by atoms with van der Waals surface area (Å²) in [6.45, 7) is 0. The summed E-state index contributed by atoms with van der Waals surface area (Å²) in [5.41, 5.74) is 0. The molecule has 0 aromatic heterocycles. The highest BCUT2D eigenvalue weighted by Gasteiger charge is 2.78.